The van der Waals surface area contributed by atoms with Gasteiger partial charge in [-0.15, -0.1) is 0 Å². The van der Waals surface area contributed by atoms with Crippen LogP contribution in [0.5, 0.6) is 0 Å². The number of fused-ring (bicyclic) bond motifs is 1. The van der Waals surface area contributed by atoms with E-state index in [0.717, 1.165) is 17.0 Å². The zero-order chi connectivity index (χ0) is 31.2. The molecule has 3 aromatic rings. The molecule has 0 aliphatic carbocycles. The van der Waals surface area contributed by atoms with Gasteiger partial charge < -0.3 is 26.0 Å². The fourth-order valence-corrected chi connectivity index (χ4v) is 3.70. The lowest BCUT2D eigenvalue weighted by Gasteiger charge is -2.30. The summed E-state index contributed by atoms with van der Waals surface area (Å²) in [6, 6.07) is 9.42. The molecule has 0 bridgehead atoms. The van der Waals surface area contributed by atoms with Gasteiger partial charge in [0.05, 0.1) is 12.2 Å². The second kappa shape index (κ2) is 13.2. The molecule has 0 spiro atoms. The number of alkyl halides is 3. The van der Waals surface area contributed by atoms with Gasteiger partial charge in [-0.2, -0.15) is 18.2 Å². The Morgan fingerprint density at radius 3 is 2.19 bits per heavy atom. The van der Waals surface area contributed by atoms with Crippen LogP contribution in [0, 0.1) is 11.6 Å². The number of urea groups is 1. The monoisotopic (exact) mass is 595 g/mol. The molecular weight excluding hydrogens is 569 g/mol. The molecule has 1 aromatic heterocycles. The Labute approximate surface area is 236 Å². The van der Waals surface area contributed by atoms with E-state index in [1.807, 2.05) is 19.0 Å². The number of hydrogen-bond donors (Lipinski definition) is 4. The second-order valence-electron chi connectivity index (χ2n) is 8.95. The molecule has 11 nitrogen and oxygen atoms in total. The first-order valence-electron chi connectivity index (χ1n) is 12.2. The molecule has 0 saturated carbocycles. The smallest absolute Gasteiger partial charge is 0.475 e. The largest absolute Gasteiger partial charge is 0.490 e. The predicted molar refractivity (Wildman–Crippen MR) is 142 cm³/mol. The average Bonchev–Trinajstić information content (AvgIpc) is 2.93. The van der Waals surface area contributed by atoms with Gasteiger partial charge in [0.15, 0.2) is 5.82 Å². The number of aliphatic carboxylic acids is 1. The highest BCUT2D eigenvalue weighted by molar-refractivity contribution is 6.02. The molecule has 0 radical (unpaired) electrons. The third-order valence-electron chi connectivity index (χ3n) is 5.71. The van der Waals surface area contributed by atoms with Gasteiger partial charge in [0.25, 0.3) is 5.91 Å². The summed E-state index contributed by atoms with van der Waals surface area (Å²) in [6.45, 7) is 1.25. The van der Waals surface area contributed by atoms with Gasteiger partial charge in [0.1, 0.15) is 17.3 Å². The second-order valence-corrected chi connectivity index (χ2v) is 8.95. The number of aromatic nitrogens is 2. The van der Waals surface area contributed by atoms with Crippen molar-refractivity contribution in [3.63, 3.8) is 0 Å². The molecular formula is C26H26F5N7O4. The van der Waals surface area contributed by atoms with E-state index >= 15 is 0 Å². The maximum Gasteiger partial charge on any atom is 0.490 e. The highest BCUT2D eigenvalue weighted by atomic mass is 19.4. The van der Waals surface area contributed by atoms with E-state index in [9.17, 15) is 31.5 Å². The Kier molecular flexibility index (Phi) is 9.95. The van der Waals surface area contributed by atoms with E-state index in [2.05, 4.69) is 25.9 Å². The number of anilines is 3. The number of halogens is 5. The maximum absolute atomic E-state index is 14.7. The number of carbonyl (C=O) groups excluding carboxylic acids is 2. The first-order chi connectivity index (χ1) is 19.7. The van der Waals surface area contributed by atoms with Crippen LogP contribution < -0.4 is 20.9 Å². The maximum atomic E-state index is 14.7. The molecule has 3 amide bonds. The fourth-order valence-electron chi connectivity index (χ4n) is 3.70. The summed E-state index contributed by atoms with van der Waals surface area (Å²) in [5.74, 6) is -4.51. The van der Waals surface area contributed by atoms with Crippen molar-refractivity contribution in [1.82, 2.24) is 25.5 Å². The van der Waals surface area contributed by atoms with Crippen LogP contribution in [0.25, 0.3) is 11.3 Å². The van der Waals surface area contributed by atoms with Crippen LogP contribution in [-0.2, 0) is 11.3 Å². The van der Waals surface area contributed by atoms with Crippen molar-refractivity contribution >= 4 is 35.4 Å². The summed E-state index contributed by atoms with van der Waals surface area (Å²) in [4.78, 5) is 45.6. The zero-order valence-electron chi connectivity index (χ0n) is 22.5. The number of nitrogens with one attached hydrogen (secondary N) is 3. The molecule has 42 heavy (non-hydrogen) atoms. The number of nitrogens with zero attached hydrogens (tertiary/aromatic N) is 4. The van der Waals surface area contributed by atoms with E-state index < -0.39 is 35.5 Å². The van der Waals surface area contributed by atoms with Crippen LogP contribution in [0.2, 0.25) is 0 Å². The molecule has 1 aliphatic heterocycles. The van der Waals surface area contributed by atoms with Crippen LogP contribution in [-0.4, -0.2) is 78.3 Å². The molecule has 0 fully saturated rings. The molecule has 0 unspecified atom stereocenters. The Morgan fingerprint density at radius 1 is 1.07 bits per heavy atom. The van der Waals surface area contributed by atoms with Crippen LogP contribution in [0.3, 0.4) is 0 Å². The molecule has 2 heterocycles. The highest BCUT2D eigenvalue weighted by Crippen LogP contribution is 2.38. The van der Waals surface area contributed by atoms with Crippen LogP contribution >= 0.6 is 0 Å². The lowest BCUT2D eigenvalue weighted by molar-refractivity contribution is -0.192. The Bertz CT molecular complexity index is 1450. The van der Waals surface area contributed by atoms with Crippen molar-refractivity contribution in [2.24, 2.45) is 0 Å². The van der Waals surface area contributed by atoms with E-state index in [0.29, 0.717) is 35.5 Å². The third kappa shape index (κ3) is 7.45. The lowest BCUT2D eigenvalue weighted by atomic mass is 10.0. The van der Waals surface area contributed by atoms with Crippen molar-refractivity contribution < 1.29 is 41.4 Å². The minimum absolute atomic E-state index is 0.0608. The van der Waals surface area contributed by atoms with Crippen molar-refractivity contribution in [3.8, 4) is 11.3 Å². The van der Waals surface area contributed by atoms with Gasteiger partial charge in [-0.1, -0.05) is 18.2 Å². The molecule has 2 aromatic carbocycles. The number of likely N-dealkylation sites (N-methyl/N-ethyl adjacent to an activating group) is 1. The van der Waals surface area contributed by atoms with E-state index in [4.69, 9.17) is 9.90 Å². The summed E-state index contributed by atoms with van der Waals surface area (Å²) in [7, 11) is 5.38. The summed E-state index contributed by atoms with van der Waals surface area (Å²) < 4.78 is 61.2. The Morgan fingerprint density at radius 2 is 1.67 bits per heavy atom. The Balaban J connectivity index is 0.000000616. The number of hydrogen-bond acceptors (Lipinski definition) is 7. The van der Waals surface area contributed by atoms with E-state index in [-0.39, 0.29) is 24.2 Å². The van der Waals surface area contributed by atoms with E-state index in [1.165, 1.54) is 6.07 Å². The molecule has 4 rings (SSSR count). The average molecular weight is 596 g/mol. The number of carboxylic acid groups (broad SMARTS) is 1. The van der Waals surface area contributed by atoms with Gasteiger partial charge >= 0.3 is 18.2 Å². The summed E-state index contributed by atoms with van der Waals surface area (Å²) in [6.07, 6.45) is -5.08. The zero-order valence-corrected chi connectivity index (χ0v) is 22.5. The van der Waals surface area contributed by atoms with Gasteiger partial charge in [-0.25, -0.2) is 28.3 Å². The summed E-state index contributed by atoms with van der Waals surface area (Å²) in [5.41, 5.74) is 1.54. The van der Waals surface area contributed by atoms with Gasteiger partial charge in [0, 0.05) is 36.8 Å². The number of carbonyl (C=O) groups is 3. The normalized spacial score (nSPS) is 12.6. The van der Waals surface area contributed by atoms with Crippen molar-refractivity contribution in [2.75, 3.05) is 44.4 Å². The standard InChI is InChI=1S/C24H25F2N7O2.C2HF3O2/c1-27-22(34)15-9-7-14(8-10-15)19-16-13-29-24(35)33(20-17(25)5-4-6-18(20)26)21(16)31-23(30-19)28-11-12-32(2)3;3-2(4,5)1(6)7/h4-10H,11-13H2,1-3H3,(H,27,34)(H,29,35)(H,28,30,31);(H,6,7). The topological polar surface area (TPSA) is 140 Å². The van der Waals surface area contributed by atoms with Gasteiger partial charge in [0.2, 0.25) is 5.95 Å². The van der Waals surface area contributed by atoms with Crippen LogP contribution in [0.4, 0.5) is 44.2 Å². The first kappa shape index (κ1) is 31.7. The highest BCUT2D eigenvalue weighted by Gasteiger charge is 2.38. The SMILES string of the molecule is CNC(=O)c1ccc(-c2nc(NCCN(C)C)nc3c2CNC(=O)N3c2c(F)cccc2F)cc1.O=C(O)C(F)(F)F. The van der Waals surface area contributed by atoms with Gasteiger partial charge in [-0.3, -0.25) is 4.79 Å². The third-order valence-corrected chi connectivity index (χ3v) is 5.71. The van der Waals surface area contributed by atoms with Crippen molar-refractivity contribution in [1.29, 1.82) is 0 Å². The minimum atomic E-state index is -5.08. The minimum Gasteiger partial charge on any atom is -0.475 e. The van der Waals surface area contributed by atoms with Crippen molar-refractivity contribution in [3.05, 3.63) is 65.2 Å². The molecule has 0 atom stereocenters. The number of para-hydroxylation sites is 1. The predicted octanol–water partition coefficient (Wildman–Crippen LogP) is 3.75. The lowest BCUT2D eigenvalue weighted by Crippen LogP contribution is -2.43. The summed E-state index contributed by atoms with van der Waals surface area (Å²) in [5, 5.41) is 15.5. The van der Waals surface area contributed by atoms with Gasteiger partial charge in [-0.05, 0) is 38.4 Å². The molecule has 16 heteroatoms. The number of amides is 3. The molecule has 1 aliphatic rings. The quantitative estimate of drug-likeness (QED) is 0.303. The van der Waals surface area contributed by atoms with E-state index in [1.54, 1.807) is 31.3 Å². The molecule has 0 saturated heterocycles. The van der Waals surface area contributed by atoms with Crippen LogP contribution in [0.15, 0.2) is 42.5 Å². The fraction of sp³-hybridized carbons (Fsp3) is 0.269. The first-order valence-corrected chi connectivity index (χ1v) is 12.2. The summed E-state index contributed by atoms with van der Waals surface area (Å²) >= 11 is 0. The number of carboxylic acids is 1. The molecule has 4 N–H and O–H groups in total. The number of rotatable bonds is 7. The molecule has 224 valence electrons. The Hall–Kier alpha value is -4.86. The van der Waals surface area contributed by atoms with Crippen LogP contribution in [0.1, 0.15) is 15.9 Å². The number of benzene rings is 2. The van der Waals surface area contributed by atoms with Crippen molar-refractivity contribution in [2.45, 2.75) is 12.7 Å².